The molecule has 130 valence electrons. The van der Waals surface area contributed by atoms with E-state index in [1.54, 1.807) is 12.1 Å². The molecular formula is C17H17N3O4S. The number of benzene rings is 1. The Hall–Kier alpha value is -2.74. The van der Waals surface area contributed by atoms with E-state index in [0.717, 1.165) is 10.6 Å². The van der Waals surface area contributed by atoms with Gasteiger partial charge in [-0.25, -0.2) is 0 Å². The smallest absolute Gasteiger partial charge is 0.239 e. The third-order valence-electron chi connectivity index (χ3n) is 3.56. The summed E-state index contributed by atoms with van der Waals surface area (Å²) in [6.45, 7) is 0.120. The Morgan fingerprint density at radius 1 is 1.12 bits per heavy atom. The molecule has 2 heterocycles. The minimum Gasteiger partial charge on any atom is -0.467 e. The molecule has 0 fully saturated rings. The molecular weight excluding hydrogens is 342 g/mol. The van der Waals surface area contributed by atoms with Gasteiger partial charge in [0.15, 0.2) is 0 Å². The Balaban J connectivity index is 1.43. The predicted octanol–water partition coefficient (Wildman–Crippen LogP) is 1.52. The molecule has 0 radical (unpaired) electrons. The second-order valence-electron chi connectivity index (χ2n) is 5.43. The number of furan rings is 1. The molecule has 0 spiro atoms. The van der Waals surface area contributed by atoms with Gasteiger partial charge >= 0.3 is 0 Å². The average Bonchev–Trinajstić information content (AvgIpc) is 3.12. The highest BCUT2D eigenvalue weighted by Gasteiger charge is 2.28. The number of rotatable bonds is 6. The van der Waals surface area contributed by atoms with Gasteiger partial charge in [-0.1, -0.05) is 12.1 Å². The summed E-state index contributed by atoms with van der Waals surface area (Å²) in [5.41, 5.74) is 0.756. The van der Waals surface area contributed by atoms with Crippen molar-refractivity contribution in [3.63, 3.8) is 0 Å². The maximum atomic E-state index is 12.1. The van der Waals surface area contributed by atoms with Gasteiger partial charge in [0, 0.05) is 11.3 Å². The normalized spacial score (nSPS) is 15.8. The van der Waals surface area contributed by atoms with Crippen LogP contribution in [0.15, 0.2) is 52.0 Å². The Morgan fingerprint density at radius 2 is 1.96 bits per heavy atom. The third kappa shape index (κ3) is 4.63. The van der Waals surface area contributed by atoms with Crippen LogP contribution in [-0.4, -0.2) is 29.5 Å². The van der Waals surface area contributed by atoms with E-state index in [4.69, 9.17) is 4.42 Å². The zero-order valence-electron chi connectivity index (χ0n) is 13.3. The van der Waals surface area contributed by atoms with Crippen LogP contribution in [0.3, 0.4) is 0 Å². The number of carbonyl (C=O) groups is 3. The number of fused-ring (bicyclic) bond motifs is 1. The van der Waals surface area contributed by atoms with Crippen molar-refractivity contribution in [2.75, 3.05) is 11.9 Å². The second kappa shape index (κ2) is 7.89. The molecule has 3 amide bonds. The average molecular weight is 359 g/mol. The molecule has 1 atom stereocenters. The van der Waals surface area contributed by atoms with Gasteiger partial charge in [0.2, 0.25) is 17.7 Å². The third-order valence-corrected chi connectivity index (χ3v) is 4.84. The number of nitrogens with one attached hydrogen (secondary N) is 3. The fourth-order valence-corrected chi connectivity index (χ4v) is 3.42. The lowest BCUT2D eigenvalue weighted by Gasteiger charge is -2.23. The van der Waals surface area contributed by atoms with Crippen LogP contribution >= 0.6 is 11.8 Å². The second-order valence-corrected chi connectivity index (χ2v) is 6.67. The molecule has 3 rings (SSSR count). The van der Waals surface area contributed by atoms with E-state index in [0.29, 0.717) is 5.76 Å². The first-order valence-electron chi connectivity index (χ1n) is 7.74. The quantitative estimate of drug-likeness (QED) is 0.726. The van der Waals surface area contributed by atoms with Crippen molar-refractivity contribution in [1.82, 2.24) is 10.6 Å². The summed E-state index contributed by atoms with van der Waals surface area (Å²) in [5.74, 6) is -0.245. The largest absolute Gasteiger partial charge is 0.467 e. The zero-order chi connectivity index (χ0) is 17.6. The van der Waals surface area contributed by atoms with Crippen molar-refractivity contribution >= 4 is 35.2 Å². The van der Waals surface area contributed by atoms with Gasteiger partial charge in [-0.15, -0.1) is 11.8 Å². The van der Waals surface area contributed by atoms with Crippen molar-refractivity contribution in [3.8, 4) is 0 Å². The van der Waals surface area contributed by atoms with E-state index in [9.17, 15) is 14.4 Å². The van der Waals surface area contributed by atoms with Crippen LogP contribution in [0, 0.1) is 0 Å². The van der Waals surface area contributed by atoms with E-state index in [-0.39, 0.29) is 37.2 Å². The number of hydrogen-bond acceptors (Lipinski definition) is 5. The number of hydrogen-bond donors (Lipinski definition) is 3. The van der Waals surface area contributed by atoms with Crippen LogP contribution < -0.4 is 16.0 Å². The number of anilines is 1. The van der Waals surface area contributed by atoms with Crippen LogP contribution in [0.1, 0.15) is 12.2 Å². The highest BCUT2D eigenvalue weighted by molar-refractivity contribution is 8.01. The summed E-state index contributed by atoms with van der Waals surface area (Å²) in [5, 5.41) is 7.44. The van der Waals surface area contributed by atoms with Gasteiger partial charge in [0.05, 0.1) is 30.3 Å². The molecule has 2 aromatic rings. The monoisotopic (exact) mass is 359 g/mol. The van der Waals surface area contributed by atoms with E-state index in [2.05, 4.69) is 16.0 Å². The van der Waals surface area contributed by atoms with Crippen molar-refractivity contribution in [1.29, 1.82) is 0 Å². The van der Waals surface area contributed by atoms with Crippen LogP contribution in [0.5, 0.6) is 0 Å². The number of amides is 3. The first-order valence-corrected chi connectivity index (χ1v) is 8.62. The minimum absolute atomic E-state index is 0.0102. The Labute approximate surface area is 148 Å². The first kappa shape index (κ1) is 17.1. The standard InChI is InChI=1S/C17H17N3O4S/c21-15(19-10-16(22)18-9-11-4-3-7-24-11)8-14-17(23)20-12-5-1-2-6-13(12)25-14/h1-7,14H,8-10H2,(H,18,22)(H,19,21)(H,20,23). The molecule has 1 aliphatic heterocycles. The van der Waals surface area contributed by atoms with Crippen LogP contribution in [0.2, 0.25) is 0 Å². The molecule has 7 nitrogen and oxygen atoms in total. The van der Waals surface area contributed by atoms with Gasteiger partial charge in [-0.3, -0.25) is 14.4 Å². The van der Waals surface area contributed by atoms with Gasteiger partial charge in [0.1, 0.15) is 5.76 Å². The summed E-state index contributed by atoms with van der Waals surface area (Å²) < 4.78 is 5.10. The number of carbonyl (C=O) groups excluding carboxylic acids is 3. The lowest BCUT2D eigenvalue weighted by Crippen LogP contribution is -2.39. The minimum atomic E-state index is -0.513. The van der Waals surface area contributed by atoms with E-state index >= 15 is 0 Å². The van der Waals surface area contributed by atoms with E-state index in [1.807, 2.05) is 24.3 Å². The number of thioether (sulfide) groups is 1. The Morgan fingerprint density at radius 3 is 2.76 bits per heavy atom. The van der Waals surface area contributed by atoms with Crippen LogP contribution in [0.4, 0.5) is 5.69 Å². The summed E-state index contributed by atoms with van der Waals surface area (Å²) >= 11 is 1.35. The van der Waals surface area contributed by atoms with Crippen molar-refractivity contribution in [2.24, 2.45) is 0 Å². The predicted molar refractivity (Wildman–Crippen MR) is 92.9 cm³/mol. The molecule has 1 aromatic heterocycles. The summed E-state index contributed by atoms with van der Waals surface area (Å²) in [6.07, 6.45) is 1.53. The SMILES string of the molecule is O=C(CNC(=O)CC1Sc2ccccc2NC1=O)NCc1ccco1. The fraction of sp³-hybridized carbons (Fsp3) is 0.235. The molecule has 1 aromatic carbocycles. The summed E-state index contributed by atoms with van der Waals surface area (Å²) in [6, 6.07) is 10.9. The molecule has 1 aliphatic rings. The summed E-state index contributed by atoms with van der Waals surface area (Å²) in [7, 11) is 0. The molecule has 0 bridgehead atoms. The molecule has 0 aliphatic carbocycles. The van der Waals surface area contributed by atoms with Crippen LogP contribution in [-0.2, 0) is 20.9 Å². The fourth-order valence-electron chi connectivity index (χ4n) is 2.31. The summed E-state index contributed by atoms with van der Waals surface area (Å²) in [4.78, 5) is 36.7. The highest BCUT2D eigenvalue weighted by Crippen LogP contribution is 2.36. The molecule has 25 heavy (non-hydrogen) atoms. The first-order chi connectivity index (χ1) is 12.1. The topological polar surface area (TPSA) is 100 Å². The molecule has 1 unspecified atom stereocenters. The molecule has 0 saturated heterocycles. The lowest BCUT2D eigenvalue weighted by atomic mass is 10.2. The Bertz CT molecular complexity index is 776. The molecule has 3 N–H and O–H groups in total. The van der Waals surface area contributed by atoms with Gasteiger partial charge in [-0.2, -0.15) is 0 Å². The van der Waals surface area contributed by atoms with E-state index in [1.165, 1.54) is 18.0 Å². The molecule has 8 heteroatoms. The molecule has 0 saturated carbocycles. The highest BCUT2D eigenvalue weighted by atomic mass is 32.2. The zero-order valence-corrected chi connectivity index (χ0v) is 14.1. The van der Waals surface area contributed by atoms with Crippen LogP contribution in [0.25, 0.3) is 0 Å². The maximum absolute atomic E-state index is 12.1. The van der Waals surface area contributed by atoms with Crippen molar-refractivity contribution in [3.05, 3.63) is 48.4 Å². The van der Waals surface area contributed by atoms with Crippen molar-refractivity contribution in [2.45, 2.75) is 23.1 Å². The van der Waals surface area contributed by atoms with Crippen molar-refractivity contribution < 1.29 is 18.8 Å². The lowest BCUT2D eigenvalue weighted by molar-refractivity contribution is -0.127. The number of para-hydroxylation sites is 1. The van der Waals surface area contributed by atoms with Gasteiger partial charge in [-0.05, 0) is 24.3 Å². The maximum Gasteiger partial charge on any atom is 0.239 e. The Kier molecular flexibility index (Phi) is 5.39. The van der Waals surface area contributed by atoms with Gasteiger partial charge in [0.25, 0.3) is 0 Å². The van der Waals surface area contributed by atoms with E-state index < -0.39 is 5.25 Å². The van der Waals surface area contributed by atoms with Gasteiger partial charge < -0.3 is 20.4 Å².